The van der Waals surface area contributed by atoms with Crippen molar-refractivity contribution < 1.29 is 18.4 Å². The first-order valence-corrected chi connectivity index (χ1v) is 12.1. The third kappa shape index (κ3) is 6.38. The van der Waals surface area contributed by atoms with Gasteiger partial charge in [-0.05, 0) is 60.2 Å². The molecule has 0 saturated heterocycles. The summed E-state index contributed by atoms with van der Waals surface area (Å²) in [5.41, 5.74) is 3.23. The van der Waals surface area contributed by atoms with Crippen LogP contribution in [0, 0.1) is 17.2 Å². The van der Waals surface area contributed by atoms with Crippen molar-refractivity contribution in [3.05, 3.63) is 77.3 Å². The highest BCUT2D eigenvalue weighted by Gasteiger charge is 2.25. The number of anilines is 1. The van der Waals surface area contributed by atoms with E-state index in [1.807, 2.05) is 30.3 Å². The van der Waals surface area contributed by atoms with E-state index in [9.17, 15) is 14.0 Å². The average molecular weight is 477 g/mol. The molecule has 0 bridgehead atoms. The third-order valence-corrected chi connectivity index (χ3v) is 6.17. The molecule has 4 rings (SSSR count). The highest BCUT2D eigenvalue weighted by molar-refractivity contribution is 5.94. The maximum absolute atomic E-state index is 13.2. The van der Waals surface area contributed by atoms with Crippen molar-refractivity contribution in [1.82, 2.24) is 4.90 Å². The smallest absolute Gasteiger partial charge is 0.254 e. The number of carbonyl (C=O) groups excluding carboxylic acids is 2. The Labute approximate surface area is 206 Å². The highest BCUT2D eigenvalue weighted by atomic mass is 19.1. The molecule has 0 fully saturated rings. The molecule has 5 nitrogen and oxygen atoms in total. The first kappa shape index (κ1) is 24.7. The SMILES string of the molecule is CC(CC(=O)Nc1cccc(-c2cc3c(o2)CCN(C(=O)c2ccc(F)cc2)C3)c1)CC(C)(C)C. The van der Waals surface area contributed by atoms with Crippen LogP contribution in [0.15, 0.2) is 59.0 Å². The Balaban J connectivity index is 1.42. The molecule has 0 spiro atoms. The molecule has 0 aliphatic carbocycles. The zero-order chi connectivity index (χ0) is 25.2. The van der Waals surface area contributed by atoms with Crippen molar-refractivity contribution >= 4 is 17.5 Å². The number of amides is 2. The van der Waals surface area contributed by atoms with Gasteiger partial charge in [0, 0.05) is 48.3 Å². The molecule has 2 heterocycles. The lowest BCUT2D eigenvalue weighted by Crippen LogP contribution is -2.35. The largest absolute Gasteiger partial charge is 0.461 e. The molecular formula is C29H33FN2O3. The minimum absolute atomic E-state index is 0.00702. The zero-order valence-corrected chi connectivity index (χ0v) is 20.9. The molecule has 3 aromatic rings. The van der Waals surface area contributed by atoms with Gasteiger partial charge in [0.25, 0.3) is 5.91 Å². The number of carbonyl (C=O) groups is 2. The van der Waals surface area contributed by atoms with Gasteiger partial charge in [0.1, 0.15) is 17.3 Å². The second kappa shape index (κ2) is 10.1. The van der Waals surface area contributed by atoms with E-state index in [1.54, 1.807) is 4.90 Å². The molecule has 1 aliphatic heterocycles. The second-order valence-electron chi connectivity index (χ2n) is 10.7. The van der Waals surface area contributed by atoms with Gasteiger partial charge in [-0.2, -0.15) is 0 Å². The number of hydrogen-bond acceptors (Lipinski definition) is 3. The number of benzene rings is 2. The fraction of sp³-hybridized carbons (Fsp3) is 0.379. The van der Waals surface area contributed by atoms with Crippen molar-refractivity contribution in [1.29, 1.82) is 0 Å². The van der Waals surface area contributed by atoms with E-state index in [4.69, 9.17) is 4.42 Å². The van der Waals surface area contributed by atoms with Crippen LogP contribution in [0.2, 0.25) is 0 Å². The summed E-state index contributed by atoms with van der Waals surface area (Å²) in [5, 5.41) is 3.01. The highest BCUT2D eigenvalue weighted by Crippen LogP contribution is 2.32. The molecule has 2 aromatic carbocycles. The van der Waals surface area contributed by atoms with E-state index in [2.05, 4.69) is 33.0 Å². The Morgan fingerprint density at radius 1 is 1.11 bits per heavy atom. The summed E-state index contributed by atoms with van der Waals surface area (Å²) in [6.45, 7) is 9.65. The van der Waals surface area contributed by atoms with Gasteiger partial charge in [0.15, 0.2) is 0 Å². The van der Waals surface area contributed by atoms with Gasteiger partial charge in [-0.1, -0.05) is 39.8 Å². The van der Waals surface area contributed by atoms with Crippen molar-refractivity contribution in [2.45, 2.75) is 53.5 Å². The van der Waals surface area contributed by atoms with E-state index in [1.165, 1.54) is 24.3 Å². The predicted octanol–water partition coefficient (Wildman–Crippen LogP) is 6.69. The van der Waals surface area contributed by atoms with Gasteiger partial charge in [0.2, 0.25) is 5.91 Å². The van der Waals surface area contributed by atoms with Crippen molar-refractivity contribution in [2.75, 3.05) is 11.9 Å². The Hall–Kier alpha value is -3.41. The minimum Gasteiger partial charge on any atom is -0.461 e. The van der Waals surface area contributed by atoms with E-state index in [0.717, 1.165) is 29.0 Å². The van der Waals surface area contributed by atoms with Crippen molar-refractivity contribution in [3.63, 3.8) is 0 Å². The summed E-state index contributed by atoms with van der Waals surface area (Å²) < 4.78 is 19.3. The maximum atomic E-state index is 13.2. The van der Waals surface area contributed by atoms with Gasteiger partial charge in [-0.25, -0.2) is 4.39 Å². The van der Waals surface area contributed by atoms with Crippen LogP contribution >= 0.6 is 0 Å². The number of hydrogen-bond donors (Lipinski definition) is 1. The summed E-state index contributed by atoms with van der Waals surface area (Å²) in [5.74, 6) is 1.41. The lowest BCUT2D eigenvalue weighted by atomic mass is 9.84. The predicted molar refractivity (Wildman–Crippen MR) is 135 cm³/mol. The lowest BCUT2D eigenvalue weighted by Gasteiger charge is -2.26. The summed E-state index contributed by atoms with van der Waals surface area (Å²) in [7, 11) is 0. The van der Waals surface area contributed by atoms with E-state index >= 15 is 0 Å². The molecule has 0 radical (unpaired) electrons. The van der Waals surface area contributed by atoms with Crippen LogP contribution in [-0.4, -0.2) is 23.3 Å². The second-order valence-corrected chi connectivity index (χ2v) is 10.7. The Kier molecular flexibility index (Phi) is 7.10. The average Bonchev–Trinajstić information content (AvgIpc) is 3.21. The molecular weight excluding hydrogens is 443 g/mol. The standard InChI is InChI=1S/C29H33FN2O3/c1-19(17-29(2,3)4)14-27(33)31-24-7-5-6-21(15-24)26-16-22-18-32(13-12-25(22)35-26)28(34)20-8-10-23(30)11-9-20/h5-11,15-16,19H,12-14,17-18H2,1-4H3,(H,31,33). The van der Waals surface area contributed by atoms with Crippen LogP contribution in [0.4, 0.5) is 10.1 Å². The Morgan fingerprint density at radius 2 is 1.86 bits per heavy atom. The summed E-state index contributed by atoms with van der Waals surface area (Å²) in [4.78, 5) is 27.1. The summed E-state index contributed by atoms with van der Waals surface area (Å²) >= 11 is 0. The Morgan fingerprint density at radius 3 is 2.57 bits per heavy atom. The normalized spacial score (nSPS) is 14.4. The van der Waals surface area contributed by atoms with Crippen LogP contribution in [0.1, 0.15) is 62.2 Å². The number of fused-ring (bicyclic) bond motifs is 1. The molecule has 1 atom stereocenters. The molecule has 0 saturated carbocycles. The van der Waals surface area contributed by atoms with Crippen molar-refractivity contribution in [3.8, 4) is 11.3 Å². The fourth-order valence-electron chi connectivity index (χ4n) is 4.82. The molecule has 1 aromatic heterocycles. The van der Waals surface area contributed by atoms with E-state index in [0.29, 0.717) is 43.2 Å². The van der Waals surface area contributed by atoms with Crippen molar-refractivity contribution in [2.24, 2.45) is 11.3 Å². The van der Waals surface area contributed by atoms with Crippen LogP contribution < -0.4 is 5.32 Å². The minimum atomic E-state index is -0.361. The molecule has 1 unspecified atom stereocenters. The molecule has 184 valence electrons. The number of halogens is 1. The van der Waals surface area contributed by atoms with Gasteiger partial charge < -0.3 is 14.6 Å². The zero-order valence-electron chi connectivity index (χ0n) is 20.9. The van der Waals surface area contributed by atoms with Crippen LogP contribution in [0.5, 0.6) is 0 Å². The molecule has 1 N–H and O–H groups in total. The lowest BCUT2D eigenvalue weighted by molar-refractivity contribution is -0.117. The number of furan rings is 1. The molecule has 6 heteroatoms. The van der Waals surface area contributed by atoms with Crippen LogP contribution in [0.3, 0.4) is 0 Å². The molecule has 35 heavy (non-hydrogen) atoms. The third-order valence-electron chi connectivity index (χ3n) is 6.17. The molecule has 1 aliphatic rings. The van der Waals surface area contributed by atoms with Gasteiger partial charge >= 0.3 is 0 Å². The van der Waals surface area contributed by atoms with Gasteiger partial charge in [-0.15, -0.1) is 0 Å². The number of nitrogens with zero attached hydrogens (tertiary/aromatic N) is 1. The Bertz CT molecular complexity index is 1210. The quantitative estimate of drug-likeness (QED) is 0.431. The fourth-order valence-corrected chi connectivity index (χ4v) is 4.82. The van der Waals surface area contributed by atoms with E-state index < -0.39 is 0 Å². The summed E-state index contributed by atoms with van der Waals surface area (Å²) in [6.07, 6.45) is 2.08. The summed E-state index contributed by atoms with van der Waals surface area (Å²) in [6, 6.07) is 15.2. The number of nitrogens with one attached hydrogen (secondary N) is 1. The first-order chi connectivity index (χ1) is 16.6. The van der Waals surface area contributed by atoms with E-state index in [-0.39, 0.29) is 23.0 Å². The first-order valence-electron chi connectivity index (χ1n) is 12.1. The monoisotopic (exact) mass is 476 g/mol. The topological polar surface area (TPSA) is 62.6 Å². The van der Waals surface area contributed by atoms with Gasteiger partial charge in [0.05, 0.1) is 0 Å². The van der Waals surface area contributed by atoms with Crippen LogP contribution in [0.25, 0.3) is 11.3 Å². The number of rotatable bonds is 6. The van der Waals surface area contributed by atoms with Crippen LogP contribution in [-0.2, 0) is 17.8 Å². The molecule has 2 amide bonds. The maximum Gasteiger partial charge on any atom is 0.254 e. The van der Waals surface area contributed by atoms with Gasteiger partial charge in [-0.3, -0.25) is 9.59 Å².